The molecular formula is C22H27F3N2. The highest BCUT2D eigenvalue weighted by molar-refractivity contribution is 5.54. The molecule has 0 bridgehead atoms. The van der Waals surface area contributed by atoms with Gasteiger partial charge in [-0.15, -0.1) is 0 Å². The van der Waals surface area contributed by atoms with E-state index < -0.39 is 11.7 Å². The number of benzene rings is 2. The van der Waals surface area contributed by atoms with Crippen LogP contribution in [0.25, 0.3) is 0 Å². The second kappa shape index (κ2) is 7.93. The third-order valence-corrected chi connectivity index (χ3v) is 5.52. The lowest BCUT2D eigenvalue weighted by molar-refractivity contribution is -0.137. The second-order valence-electron chi connectivity index (χ2n) is 7.70. The maximum absolute atomic E-state index is 13.0. The van der Waals surface area contributed by atoms with Gasteiger partial charge >= 0.3 is 6.18 Å². The fourth-order valence-electron chi connectivity index (χ4n) is 4.02. The van der Waals surface area contributed by atoms with Crippen molar-refractivity contribution in [3.05, 3.63) is 65.2 Å². The molecular weight excluding hydrogens is 349 g/mol. The van der Waals surface area contributed by atoms with Crippen molar-refractivity contribution < 1.29 is 13.2 Å². The van der Waals surface area contributed by atoms with E-state index in [0.717, 1.165) is 31.0 Å². The topological polar surface area (TPSA) is 15.3 Å². The van der Waals surface area contributed by atoms with Crippen LogP contribution >= 0.6 is 0 Å². The Hall–Kier alpha value is -2.01. The van der Waals surface area contributed by atoms with Crippen molar-refractivity contribution in [2.24, 2.45) is 0 Å². The monoisotopic (exact) mass is 376 g/mol. The van der Waals surface area contributed by atoms with Crippen LogP contribution < -0.4 is 5.32 Å². The zero-order chi connectivity index (χ0) is 19.6. The number of alkyl halides is 3. The van der Waals surface area contributed by atoms with E-state index in [2.05, 4.69) is 48.3 Å². The van der Waals surface area contributed by atoms with Crippen LogP contribution in [0.5, 0.6) is 0 Å². The van der Waals surface area contributed by atoms with Crippen molar-refractivity contribution in [3.63, 3.8) is 0 Å². The average molecular weight is 376 g/mol. The fourth-order valence-corrected chi connectivity index (χ4v) is 4.02. The molecule has 1 aliphatic rings. The van der Waals surface area contributed by atoms with Crippen molar-refractivity contribution >= 4 is 5.69 Å². The molecule has 2 nitrogen and oxygen atoms in total. The lowest BCUT2D eigenvalue weighted by Crippen LogP contribution is -2.49. The number of rotatable bonds is 4. The Morgan fingerprint density at radius 2 is 1.63 bits per heavy atom. The summed E-state index contributed by atoms with van der Waals surface area (Å²) in [5.41, 5.74) is 2.12. The predicted molar refractivity (Wildman–Crippen MR) is 104 cm³/mol. The van der Waals surface area contributed by atoms with Crippen molar-refractivity contribution in [2.75, 3.05) is 5.32 Å². The SMILES string of the molecule is Cc1ccc(C(F)(F)F)cc1NC1C[C@@H](C)N(Cc2ccccc2)[C@H](C)C1. The van der Waals surface area contributed by atoms with Crippen LogP contribution in [0.1, 0.15) is 43.4 Å². The molecule has 0 spiro atoms. The van der Waals surface area contributed by atoms with Gasteiger partial charge in [0.1, 0.15) is 0 Å². The molecule has 1 N–H and O–H groups in total. The molecule has 3 rings (SSSR count). The van der Waals surface area contributed by atoms with Gasteiger partial charge in [0.05, 0.1) is 5.56 Å². The number of aryl methyl sites for hydroxylation is 1. The van der Waals surface area contributed by atoms with Gasteiger partial charge in [-0.2, -0.15) is 13.2 Å². The van der Waals surface area contributed by atoms with Gasteiger partial charge in [-0.3, -0.25) is 4.90 Å². The Morgan fingerprint density at radius 1 is 1.00 bits per heavy atom. The van der Waals surface area contributed by atoms with Crippen molar-refractivity contribution in [1.29, 1.82) is 0 Å². The molecule has 1 fully saturated rings. The first-order chi connectivity index (χ1) is 12.7. The number of hydrogen-bond acceptors (Lipinski definition) is 2. The summed E-state index contributed by atoms with van der Waals surface area (Å²) in [4.78, 5) is 2.48. The lowest BCUT2D eigenvalue weighted by atomic mass is 9.91. The zero-order valence-corrected chi connectivity index (χ0v) is 16.1. The summed E-state index contributed by atoms with van der Waals surface area (Å²) < 4.78 is 39.1. The Morgan fingerprint density at radius 3 is 2.22 bits per heavy atom. The molecule has 0 aliphatic carbocycles. The quantitative estimate of drug-likeness (QED) is 0.718. The molecule has 0 unspecified atom stereocenters. The van der Waals surface area contributed by atoms with E-state index in [1.165, 1.54) is 11.6 Å². The van der Waals surface area contributed by atoms with Gasteiger partial charge in [0.2, 0.25) is 0 Å². The average Bonchev–Trinajstić information content (AvgIpc) is 2.60. The Bertz CT molecular complexity index is 746. The summed E-state index contributed by atoms with van der Waals surface area (Å²) in [6.45, 7) is 7.15. The van der Waals surface area contributed by atoms with E-state index in [9.17, 15) is 13.2 Å². The number of nitrogens with zero attached hydrogens (tertiary/aromatic N) is 1. The van der Waals surface area contributed by atoms with Crippen molar-refractivity contribution in [1.82, 2.24) is 4.90 Å². The third kappa shape index (κ3) is 4.83. The highest BCUT2D eigenvalue weighted by atomic mass is 19.4. The normalized spacial score (nSPS) is 24.0. The number of nitrogens with one attached hydrogen (secondary N) is 1. The number of likely N-dealkylation sites (tertiary alicyclic amines) is 1. The molecule has 2 atom stereocenters. The smallest absolute Gasteiger partial charge is 0.382 e. The number of halogens is 3. The Labute approximate surface area is 159 Å². The van der Waals surface area contributed by atoms with Gasteiger partial charge in [-0.25, -0.2) is 0 Å². The van der Waals surface area contributed by atoms with E-state index in [1.54, 1.807) is 6.07 Å². The summed E-state index contributed by atoms with van der Waals surface area (Å²) in [5, 5.41) is 3.38. The van der Waals surface area contributed by atoms with Gasteiger partial charge in [-0.1, -0.05) is 36.4 Å². The zero-order valence-electron chi connectivity index (χ0n) is 16.1. The van der Waals surface area contributed by atoms with Crippen LogP contribution in [-0.4, -0.2) is 23.0 Å². The van der Waals surface area contributed by atoms with Crippen LogP contribution in [0, 0.1) is 6.92 Å². The van der Waals surface area contributed by atoms with E-state index in [-0.39, 0.29) is 6.04 Å². The molecule has 27 heavy (non-hydrogen) atoms. The molecule has 2 aromatic carbocycles. The van der Waals surface area contributed by atoms with E-state index >= 15 is 0 Å². The summed E-state index contributed by atoms with van der Waals surface area (Å²) in [6, 6.07) is 15.2. The van der Waals surface area contributed by atoms with Gasteiger partial charge in [0.15, 0.2) is 0 Å². The largest absolute Gasteiger partial charge is 0.416 e. The molecule has 1 heterocycles. The van der Waals surface area contributed by atoms with Gasteiger partial charge in [0.25, 0.3) is 0 Å². The molecule has 1 saturated heterocycles. The molecule has 0 amide bonds. The van der Waals surface area contributed by atoms with E-state index in [1.807, 2.05) is 13.0 Å². The minimum absolute atomic E-state index is 0.171. The van der Waals surface area contributed by atoms with Gasteiger partial charge in [0, 0.05) is 30.4 Å². The first kappa shape index (κ1) is 19.7. The molecule has 1 aliphatic heterocycles. The third-order valence-electron chi connectivity index (χ3n) is 5.52. The van der Waals surface area contributed by atoms with E-state index in [0.29, 0.717) is 17.8 Å². The van der Waals surface area contributed by atoms with E-state index in [4.69, 9.17) is 0 Å². The molecule has 146 valence electrons. The first-order valence-corrected chi connectivity index (χ1v) is 9.48. The first-order valence-electron chi connectivity index (χ1n) is 9.48. The molecule has 5 heteroatoms. The summed E-state index contributed by atoms with van der Waals surface area (Å²) in [6.07, 6.45) is -2.50. The van der Waals surface area contributed by atoms with Gasteiger partial charge in [-0.05, 0) is 56.9 Å². The van der Waals surface area contributed by atoms with Crippen molar-refractivity contribution in [3.8, 4) is 0 Å². The van der Waals surface area contributed by atoms with Crippen LogP contribution in [0.2, 0.25) is 0 Å². The Balaban J connectivity index is 1.69. The number of piperidine rings is 1. The molecule has 0 radical (unpaired) electrons. The highest BCUT2D eigenvalue weighted by Crippen LogP contribution is 2.33. The summed E-state index contributed by atoms with van der Waals surface area (Å²) in [5.74, 6) is 0. The van der Waals surface area contributed by atoms with Crippen molar-refractivity contribution in [2.45, 2.75) is 64.5 Å². The summed E-state index contributed by atoms with van der Waals surface area (Å²) >= 11 is 0. The fraction of sp³-hybridized carbons (Fsp3) is 0.455. The maximum atomic E-state index is 13.0. The summed E-state index contributed by atoms with van der Waals surface area (Å²) in [7, 11) is 0. The maximum Gasteiger partial charge on any atom is 0.416 e. The predicted octanol–water partition coefficient (Wildman–Crippen LogP) is 5.87. The molecule has 0 aromatic heterocycles. The molecule has 2 aromatic rings. The minimum atomic E-state index is -4.32. The highest BCUT2D eigenvalue weighted by Gasteiger charge is 2.33. The van der Waals surface area contributed by atoms with Crippen LogP contribution in [0.4, 0.5) is 18.9 Å². The minimum Gasteiger partial charge on any atom is -0.382 e. The lowest BCUT2D eigenvalue weighted by Gasteiger charge is -2.43. The van der Waals surface area contributed by atoms with Crippen LogP contribution in [0.15, 0.2) is 48.5 Å². The van der Waals surface area contributed by atoms with Crippen LogP contribution in [0.3, 0.4) is 0 Å². The van der Waals surface area contributed by atoms with Crippen LogP contribution in [-0.2, 0) is 12.7 Å². The van der Waals surface area contributed by atoms with Gasteiger partial charge < -0.3 is 5.32 Å². The number of anilines is 1. The Kier molecular flexibility index (Phi) is 5.80. The standard InChI is InChI=1S/C22H27F3N2/c1-15-9-10-19(22(23,24)25)13-21(15)26-20-11-16(2)27(17(3)12-20)14-18-7-5-4-6-8-18/h4-10,13,16-17,20,26H,11-12,14H2,1-3H3/t16-,17-/m1/s1. The molecule has 0 saturated carbocycles. The second-order valence-corrected chi connectivity index (χ2v) is 7.70. The number of hydrogen-bond donors (Lipinski definition) is 1.